The number of hydrogen-bond donors (Lipinski definition) is 7. The number of nitrogens with one attached hydrogen (secondary N) is 4. The van der Waals surface area contributed by atoms with Gasteiger partial charge in [0.15, 0.2) is 0 Å². The topological polar surface area (TPSA) is 200 Å². The van der Waals surface area contributed by atoms with Gasteiger partial charge in [-0.05, 0) is 24.6 Å². The molecule has 12 heteroatoms. The van der Waals surface area contributed by atoms with Crippen molar-refractivity contribution in [3.05, 3.63) is 48.0 Å². The van der Waals surface area contributed by atoms with Gasteiger partial charge in [-0.1, -0.05) is 12.1 Å². The van der Waals surface area contributed by atoms with E-state index in [0.717, 1.165) is 0 Å². The number of H-pyrrole nitrogens is 1. The molecule has 0 aliphatic carbocycles. The summed E-state index contributed by atoms with van der Waals surface area (Å²) in [6.45, 7) is 1.07. The Hall–Kier alpha value is -3.93. The first-order valence-corrected chi connectivity index (χ1v) is 9.77. The fraction of sp³-hybridized carbons (Fsp3) is 0.350. The molecule has 0 aliphatic heterocycles. The Labute approximate surface area is 183 Å². The molecule has 0 spiro atoms. The average molecular weight is 446 g/mol. The van der Waals surface area contributed by atoms with E-state index in [1.165, 1.54) is 31.6 Å². The SMILES string of the molecule is CC(NC(=O)C(Cc1cnc[nH]1)NC(=O)CN)C(=O)NC(Cc1ccc(O)cc1)C(=O)O. The van der Waals surface area contributed by atoms with Crippen molar-refractivity contribution >= 4 is 23.7 Å². The standard InChI is InChI=1S/C20H26N6O6/c1-11(18(29)26-16(20(31)32)6-12-2-4-14(27)5-3-12)24-19(30)15(25-17(28)8-21)7-13-9-22-10-23-13/h2-5,9-11,15-16,27H,6-8,21H2,1H3,(H,22,23)(H,24,30)(H,25,28)(H,26,29)(H,31,32). The number of aromatic nitrogens is 2. The second kappa shape index (κ2) is 11.5. The van der Waals surface area contributed by atoms with Crippen LogP contribution in [0.3, 0.4) is 0 Å². The molecule has 0 aliphatic rings. The molecule has 3 unspecified atom stereocenters. The number of phenolic OH excluding ortho intramolecular Hbond substituents is 1. The number of nitrogens with zero attached hydrogens (tertiary/aromatic N) is 1. The maximum absolute atomic E-state index is 12.7. The molecule has 0 saturated carbocycles. The number of phenols is 1. The van der Waals surface area contributed by atoms with Crippen molar-refractivity contribution in [3.8, 4) is 5.75 Å². The third-order valence-electron chi connectivity index (χ3n) is 4.56. The minimum absolute atomic E-state index is 0.0168. The number of carboxylic acid groups (broad SMARTS) is 1. The summed E-state index contributed by atoms with van der Waals surface area (Å²) in [5.74, 6) is -3.13. The smallest absolute Gasteiger partial charge is 0.326 e. The minimum atomic E-state index is -1.25. The highest BCUT2D eigenvalue weighted by molar-refractivity contribution is 5.93. The van der Waals surface area contributed by atoms with Gasteiger partial charge in [-0.25, -0.2) is 9.78 Å². The highest BCUT2D eigenvalue weighted by atomic mass is 16.4. The van der Waals surface area contributed by atoms with E-state index in [9.17, 15) is 29.4 Å². The van der Waals surface area contributed by atoms with E-state index in [0.29, 0.717) is 11.3 Å². The van der Waals surface area contributed by atoms with Gasteiger partial charge in [0.05, 0.1) is 12.9 Å². The van der Waals surface area contributed by atoms with Crippen LogP contribution in [0.25, 0.3) is 0 Å². The summed E-state index contributed by atoms with van der Waals surface area (Å²) < 4.78 is 0. The first-order valence-electron chi connectivity index (χ1n) is 9.77. The largest absolute Gasteiger partial charge is 0.508 e. The van der Waals surface area contributed by atoms with Gasteiger partial charge in [0, 0.05) is 24.7 Å². The first-order chi connectivity index (χ1) is 15.2. The van der Waals surface area contributed by atoms with Gasteiger partial charge in [0.25, 0.3) is 0 Å². The fourth-order valence-electron chi connectivity index (χ4n) is 2.82. The number of hydrogen-bond acceptors (Lipinski definition) is 7. The van der Waals surface area contributed by atoms with Crippen molar-refractivity contribution in [3.63, 3.8) is 0 Å². The zero-order chi connectivity index (χ0) is 23.7. The van der Waals surface area contributed by atoms with E-state index < -0.39 is 41.8 Å². The van der Waals surface area contributed by atoms with Gasteiger partial charge in [0.2, 0.25) is 17.7 Å². The van der Waals surface area contributed by atoms with E-state index in [2.05, 4.69) is 25.9 Å². The summed E-state index contributed by atoms with van der Waals surface area (Å²) >= 11 is 0. The molecule has 2 aromatic rings. The molecule has 172 valence electrons. The van der Waals surface area contributed by atoms with Crippen molar-refractivity contribution in [2.75, 3.05) is 6.54 Å². The first kappa shape index (κ1) is 24.3. The molecular formula is C20H26N6O6. The predicted octanol–water partition coefficient (Wildman–Crippen LogP) is -1.58. The molecule has 0 radical (unpaired) electrons. The Morgan fingerprint density at radius 1 is 1.03 bits per heavy atom. The molecule has 8 N–H and O–H groups in total. The van der Waals surface area contributed by atoms with E-state index >= 15 is 0 Å². The summed E-state index contributed by atoms with van der Waals surface area (Å²) in [4.78, 5) is 55.1. The lowest BCUT2D eigenvalue weighted by Gasteiger charge is -2.22. The van der Waals surface area contributed by atoms with E-state index in [1.807, 2.05) is 0 Å². The number of aliphatic carboxylic acids is 1. The van der Waals surface area contributed by atoms with Crippen LogP contribution in [-0.4, -0.2) is 68.5 Å². The number of carbonyl (C=O) groups is 4. The molecule has 1 aromatic heterocycles. The van der Waals surface area contributed by atoms with Gasteiger partial charge in [-0.15, -0.1) is 0 Å². The number of benzene rings is 1. The van der Waals surface area contributed by atoms with Gasteiger partial charge in [-0.2, -0.15) is 0 Å². The fourth-order valence-corrected chi connectivity index (χ4v) is 2.82. The van der Waals surface area contributed by atoms with Crippen LogP contribution in [0, 0.1) is 0 Å². The van der Waals surface area contributed by atoms with E-state index in [-0.39, 0.29) is 25.1 Å². The van der Waals surface area contributed by atoms with Crippen LogP contribution in [0.5, 0.6) is 5.75 Å². The second-order valence-electron chi connectivity index (χ2n) is 7.11. The van der Waals surface area contributed by atoms with Crippen LogP contribution < -0.4 is 21.7 Å². The Bertz CT molecular complexity index is 931. The van der Waals surface area contributed by atoms with Crippen molar-refractivity contribution in [1.82, 2.24) is 25.9 Å². The lowest BCUT2D eigenvalue weighted by Crippen LogP contribution is -2.56. The van der Waals surface area contributed by atoms with Crippen molar-refractivity contribution < 1.29 is 29.4 Å². The Morgan fingerprint density at radius 2 is 1.72 bits per heavy atom. The lowest BCUT2D eigenvalue weighted by atomic mass is 10.1. The molecule has 1 aromatic carbocycles. The van der Waals surface area contributed by atoms with Crippen molar-refractivity contribution in [1.29, 1.82) is 0 Å². The normalized spacial score (nSPS) is 13.4. The third-order valence-corrected chi connectivity index (χ3v) is 4.56. The molecule has 32 heavy (non-hydrogen) atoms. The van der Waals surface area contributed by atoms with Crippen LogP contribution >= 0.6 is 0 Å². The molecule has 12 nitrogen and oxygen atoms in total. The summed E-state index contributed by atoms with van der Waals surface area (Å²) in [5.41, 5.74) is 6.48. The Kier molecular flexibility index (Phi) is 8.72. The average Bonchev–Trinajstić information content (AvgIpc) is 3.27. The zero-order valence-electron chi connectivity index (χ0n) is 17.4. The number of rotatable bonds is 11. The van der Waals surface area contributed by atoms with E-state index in [1.54, 1.807) is 12.1 Å². The van der Waals surface area contributed by atoms with Gasteiger partial charge < -0.3 is 36.9 Å². The summed E-state index contributed by atoms with van der Waals surface area (Å²) in [5, 5.41) is 26.1. The van der Waals surface area contributed by atoms with Crippen LogP contribution in [0.15, 0.2) is 36.8 Å². The maximum atomic E-state index is 12.7. The number of carboxylic acids is 1. The van der Waals surface area contributed by atoms with Crippen LogP contribution in [-0.2, 0) is 32.0 Å². The highest BCUT2D eigenvalue weighted by Gasteiger charge is 2.27. The summed E-state index contributed by atoms with van der Waals surface area (Å²) in [6.07, 6.45) is 2.98. The molecule has 3 atom stereocenters. The minimum Gasteiger partial charge on any atom is -0.508 e. The predicted molar refractivity (Wildman–Crippen MR) is 112 cm³/mol. The van der Waals surface area contributed by atoms with Gasteiger partial charge in [0.1, 0.15) is 23.9 Å². The van der Waals surface area contributed by atoms with E-state index in [4.69, 9.17) is 5.73 Å². The number of imidazole rings is 1. The molecule has 3 amide bonds. The summed E-state index contributed by atoms with van der Waals surface area (Å²) in [6, 6.07) is 2.57. The maximum Gasteiger partial charge on any atom is 0.326 e. The number of carbonyl (C=O) groups excluding carboxylic acids is 3. The van der Waals surface area contributed by atoms with Gasteiger partial charge in [-0.3, -0.25) is 14.4 Å². The molecule has 1 heterocycles. The Balaban J connectivity index is 2.00. The second-order valence-corrected chi connectivity index (χ2v) is 7.11. The van der Waals surface area contributed by atoms with Gasteiger partial charge >= 0.3 is 5.97 Å². The molecule has 0 bridgehead atoms. The monoisotopic (exact) mass is 446 g/mol. The third kappa shape index (κ3) is 7.40. The Morgan fingerprint density at radius 3 is 2.28 bits per heavy atom. The lowest BCUT2D eigenvalue weighted by molar-refractivity contribution is -0.142. The summed E-state index contributed by atoms with van der Waals surface area (Å²) in [7, 11) is 0. The number of aromatic hydroxyl groups is 1. The molecule has 0 saturated heterocycles. The number of amides is 3. The zero-order valence-corrected chi connectivity index (χ0v) is 17.4. The quantitative estimate of drug-likeness (QED) is 0.214. The number of nitrogens with two attached hydrogens (primary N) is 1. The van der Waals surface area contributed by atoms with Crippen LogP contribution in [0.2, 0.25) is 0 Å². The highest BCUT2D eigenvalue weighted by Crippen LogP contribution is 2.11. The molecule has 2 rings (SSSR count). The van der Waals surface area contributed by atoms with Crippen molar-refractivity contribution in [2.45, 2.75) is 37.9 Å². The van der Waals surface area contributed by atoms with Crippen LogP contribution in [0.1, 0.15) is 18.2 Å². The van der Waals surface area contributed by atoms with Crippen molar-refractivity contribution in [2.24, 2.45) is 5.73 Å². The van der Waals surface area contributed by atoms with Crippen LogP contribution in [0.4, 0.5) is 0 Å². The number of aromatic amines is 1. The molecule has 0 fully saturated rings. The molecular weight excluding hydrogens is 420 g/mol.